The van der Waals surface area contributed by atoms with E-state index >= 15 is 0 Å². The number of allylic oxidation sites excluding steroid dienone is 2. The number of nitrogens with zero attached hydrogens (tertiary/aromatic N) is 2. The molecule has 0 radical (unpaired) electrons. The molecule has 0 atom stereocenters. The zero-order valence-electron chi connectivity index (χ0n) is 23.0. The minimum atomic E-state index is 0.114. The number of para-hydroxylation sites is 2. The van der Waals surface area contributed by atoms with Crippen molar-refractivity contribution in [3.63, 3.8) is 0 Å². The number of ether oxygens (including phenoxy) is 2. The predicted octanol–water partition coefficient (Wildman–Crippen LogP) is 9.18. The Bertz CT molecular complexity index is 1340. The van der Waals surface area contributed by atoms with Crippen molar-refractivity contribution >= 4 is 34.3 Å². The lowest BCUT2D eigenvalue weighted by molar-refractivity contribution is 0.120. The second-order valence-electron chi connectivity index (χ2n) is 9.71. The van der Waals surface area contributed by atoms with Gasteiger partial charge in [-0.3, -0.25) is 0 Å². The molecule has 0 aliphatic rings. The monoisotopic (exact) mass is 514 g/mol. The lowest BCUT2D eigenvalue weighted by atomic mass is 9.97. The summed E-state index contributed by atoms with van der Waals surface area (Å²) in [6.07, 6.45) is 0. The average Bonchev–Trinajstić information content (AvgIpc) is 2.95. The molecule has 0 spiro atoms. The molecule has 0 saturated carbocycles. The SMILES string of the molecule is CC(C)C(=C=Nc1ccccc1)c1ccc(OCOc2ccc(C(=C=Nc3ccccc3)C(C)C)cc2)cc1. The Kier molecular flexibility index (Phi) is 9.69. The van der Waals surface area contributed by atoms with E-state index in [0.717, 1.165) is 45.1 Å². The molecule has 0 aromatic heterocycles. The summed E-state index contributed by atoms with van der Waals surface area (Å²) in [5.74, 6) is 8.51. The molecule has 0 N–H and O–H groups in total. The molecule has 0 bridgehead atoms. The summed E-state index contributed by atoms with van der Waals surface area (Å²) >= 11 is 0. The highest BCUT2D eigenvalue weighted by Gasteiger charge is 2.09. The van der Waals surface area contributed by atoms with Crippen LogP contribution in [0.4, 0.5) is 11.4 Å². The molecule has 196 valence electrons. The van der Waals surface area contributed by atoms with Crippen molar-refractivity contribution in [3.05, 3.63) is 120 Å². The van der Waals surface area contributed by atoms with Gasteiger partial charge < -0.3 is 9.47 Å². The quantitative estimate of drug-likeness (QED) is 0.156. The maximum absolute atomic E-state index is 5.83. The largest absolute Gasteiger partial charge is 0.458 e. The number of benzene rings is 4. The molecule has 0 amide bonds. The Morgan fingerprint density at radius 1 is 0.538 bits per heavy atom. The van der Waals surface area contributed by atoms with Crippen LogP contribution < -0.4 is 9.47 Å². The predicted molar refractivity (Wildman–Crippen MR) is 163 cm³/mol. The van der Waals surface area contributed by atoms with E-state index in [-0.39, 0.29) is 18.6 Å². The van der Waals surface area contributed by atoms with Crippen molar-refractivity contribution < 1.29 is 9.47 Å². The standard InChI is InChI=1S/C35H34N2O2/c1-26(2)34(23-36-30-11-7-5-8-12-30)28-15-19-32(20-16-28)38-25-39-33-21-17-29(18-22-33)35(27(3)4)24-37-31-13-9-6-10-14-31/h5-22,26-27H,25H2,1-4H3. The summed E-state index contributed by atoms with van der Waals surface area (Å²) < 4.78 is 11.7. The molecule has 4 aromatic rings. The molecule has 0 aliphatic carbocycles. The van der Waals surface area contributed by atoms with E-state index in [1.165, 1.54) is 0 Å². The van der Waals surface area contributed by atoms with E-state index in [1.807, 2.05) is 109 Å². The first-order valence-corrected chi connectivity index (χ1v) is 13.2. The highest BCUT2D eigenvalue weighted by atomic mass is 16.7. The first-order valence-electron chi connectivity index (χ1n) is 13.2. The van der Waals surface area contributed by atoms with Crippen LogP contribution in [-0.2, 0) is 0 Å². The Morgan fingerprint density at radius 2 is 0.897 bits per heavy atom. The summed E-state index contributed by atoms with van der Waals surface area (Å²) in [6.45, 7) is 8.68. The summed E-state index contributed by atoms with van der Waals surface area (Å²) in [5.41, 5.74) is 6.00. The lowest BCUT2D eigenvalue weighted by Crippen LogP contribution is -2.06. The second kappa shape index (κ2) is 13.8. The van der Waals surface area contributed by atoms with Crippen LogP contribution >= 0.6 is 0 Å². The normalized spacial score (nSPS) is 10.4. The fourth-order valence-corrected chi connectivity index (χ4v) is 3.94. The molecule has 39 heavy (non-hydrogen) atoms. The van der Waals surface area contributed by atoms with Crippen molar-refractivity contribution in [2.45, 2.75) is 27.7 Å². The van der Waals surface area contributed by atoms with E-state index in [4.69, 9.17) is 9.47 Å². The van der Waals surface area contributed by atoms with Gasteiger partial charge in [-0.15, -0.1) is 0 Å². The molecular weight excluding hydrogens is 480 g/mol. The summed E-state index contributed by atoms with van der Waals surface area (Å²) in [4.78, 5) is 9.02. The minimum Gasteiger partial charge on any atom is -0.458 e. The number of aliphatic imine (C=N–C) groups is 2. The lowest BCUT2D eigenvalue weighted by Gasteiger charge is -2.12. The van der Waals surface area contributed by atoms with Gasteiger partial charge in [0.1, 0.15) is 11.5 Å². The zero-order valence-corrected chi connectivity index (χ0v) is 23.0. The Balaban J connectivity index is 1.37. The van der Waals surface area contributed by atoms with Gasteiger partial charge >= 0.3 is 0 Å². The van der Waals surface area contributed by atoms with Gasteiger partial charge in [0, 0.05) is 11.1 Å². The van der Waals surface area contributed by atoms with Crippen LogP contribution in [0.3, 0.4) is 0 Å². The molecule has 0 unspecified atom stereocenters. The summed E-state index contributed by atoms with van der Waals surface area (Å²) in [6, 6.07) is 35.6. The third-order valence-corrected chi connectivity index (χ3v) is 6.06. The average molecular weight is 515 g/mol. The van der Waals surface area contributed by atoms with Gasteiger partial charge in [-0.2, -0.15) is 0 Å². The van der Waals surface area contributed by atoms with Crippen LogP contribution in [0.25, 0.3) is 11.1 Å². The highest BCUT2D eigenvalue weighted by Crippen LogP contribution is 2.25. The third-order valence-electron chi connectivity index (χ3n) is 6.06. The van der Waals surface area contributed by atoms with Gasteiger partial charge in [-0.25, -0.2) is 9.98 Å². The van der Waals surface area contributed by atoms with Crippen LogP contribution in [0.15, 0.2) is 119 Å². The topological polar surface area (TPSA) is 43.2 Å². The molecule has 0 fully saturated rings. The van der Waals surface area contributed by atoms with Crippen LogP contribution in [0.1, 0.15) is 38.8 Å². The smallest absolute Gasteiger partial charge is 0.230 e. The molecular formula is C35H34N2O2. The van der Waals surface area contributed by atoms with Crippen LogP contribution in [0.2, 0.25) is 0 Å². The maximum atomic E-state index is 5.83. The molecule has 4 heteroatoms. The molecule has 4 rings (SSSR count). The van der Waals surface area contributed by atoms with Gasteiger partial charge in [0.25, 0.3) is 0 Å². The first-order chi connectivity index (χ1) is 19.0. The Morgan fingerprint density at radius 3 is 1.23 bits per heavy atom. The number of hydrogen-bond acceptors (Lipinski definition) is 4. The molecule has 0 aliphatic heterocycles. The van der Waals surface area contributed by atoms with E-state index < -0.39 is 0 Å². The number of hydrogen-bond donors (Lipinski definition) is 0. The van der Waals surface area contributed by atoms with Gasteiger partial charge in [-0.1, -0.05) is 88.4 Å². The molecule has 0 heterocycles. The third kappa shape index (κ3) is 8.18. The zero-order chi connectivity index (χ0) is 27.5. The number of rotatable bonds is 10. The van der Waals surface area contributed by atoms with E-state index in [2.05, 4.69) is 49.4 Å². The second-order valence-corrected chi connectivity index (χ2v) is 9.71. The van der Waals surface area contributed by atoms with Gasteiger partial charge in [-0.05, 0) is 83.2 Å². The fourth-order valence-electron chi connectivity index (χ4n) is 3.94. The van der Waals surface area contributed by atoms with Crippen molar-refractivity contribution in [2.75, 3.05) is 6.79 Å². The first kappa shape index (κ1) is 27.4. The van der Waals surface area contributed by atoms with E-state index in [1.54, 1.807) is 0 Å². The minimum absolute atomic E-state index is 0.114. The Labute approximate surface area is 231 Å². The van der Waals surface area contributed by atoms with E-state index in [0.29, 0.717) is 0 Å². The summed E-state index contributed by atoms with van der Waals surface area (Å²) in [5, 5.41) is 0. The van der Waals surface area contributed by atoms with Crippen LogP contribution in [0.5, 0.6) is 11.5 Å². The molecule has 4 nitrogen and oxygen atoms in total. The molecule has 0 saturated heterocycles. The highest BCUT2D eigenvalue weighted by molar-refractivity contribution is 5.92. The van der Waals surface area contributed by atoms with Crippen LogP contribution in [-0.4, -0.2) is 18.5 Å². The molecule has 4 aromatic carbocycles. The van der Waals surface area contributed by atoms with Crippen molar-refractivity contribution in [3.8, 4) is 11.5 Å². The Hall–Kier alpha value is -4.62. The van der Waals surface area contributed by atoms with E-state index in [9.17, 15) is 0 Å². The van der Waals surface area contributed by atoms with Gasteiger partial charge in [0.05, 0.1) is 11.4 Å². The van der Waals surface area contributed by atoms with Crippen LogP contribution in [0, 0.1) is 11.8 Å². The van der Waals surface area contributed by atoms with Crippen molar-refractivity contribution in [2.24, 2.45) is 21.8 Å². The van der Waals surface area contributed by atoms with Gasteiger partial charge in [0.15, 0.2) is 0 Å². The summed E-state index contributed by atoms with van der Waals surface area (Å²) in [7, 11) is 0. The van der Waals surface area contributed by atoms with Crippen molar-refractivity contribution in [1.29, 1.82) is 0 Å². The maximum Gasteiger partial charge on any atom is 0.230 e. The fraction of sp³-hybridized carbons (Fsp3) is 0.200. The van der Waals surface area contributed by atoms with Crippen molar-refractivity contribution in [1.82, 2.24) is 0 Å². The van der Waals surface area contributed by atoms with Gasteiger partial charge in [0.2, 0.25) is 6.79 Å².